The van der Waals surface area contributed by atoms with Crippen molar-refractivity contribution in [1.82, 2.24) is 0 Å². The van der Waals surface area contributed by atoms with Crippen molar-refractivity contribution in [2.45, 2.75) is 77.1 Å². The van der Waals surface area contributed by atoms with Crippen molar-refractivity contribution in [3.63, 3.8) is 0 Å². The monoisotopic (exact) mass is 338 g/mol. The van der Waals surface area contributed by atoms with Crippen LogP contribution in [0.5, 0.6) is 0 Å². The summed E-state index contributed by atoms with van der Waals surface area (Å²) in [4.78, 5) is 0. The average molecular weight is 338 g/mol. The van der Waals surface area contributed by atoms with E-state index < -0.39 is 17.8 Å². The third kappa shape index (κ3) is 3.93. The smallest absolute Gasteiger partial charge is 0.0780 e. The van der Waals surface area contributed by atoms with Crippen LogP contribution < -0.4 is 0 Å². The summed E-state index contributed by atoms with van der Waals surface area (Å²) in [5, 5.41) is 41.4. The second-order valence-electron chi connectivity index (χ2n) is 8.59. The molecule has 0 aromatic carbocycles. The van der Waals surface area contributed by atoms with Gasteiger partial charge >= 0.3 is 0 Å². The molecule has 0 bridgehead atoms. The average Bonchev–Trinajstić information content (AvgIpc) is 2.85. The van der Waals surface area contributed by atoms with Crippen LogP contribution in [0.1, 0.15) is 59.3 Å². The van der Waals surface area contributed by atoms with Crippen molar-refractivity contribution < 1.29 is 20.4 Å². The highest BCUT2D eigenvalue weighted by Gasteiger charge is 2.52. The van der Waals surface area contributed by atoms with Crippen LogP contribution in [0, 0.1) is 17.3 Å². The van der Waals surface area contributed by atoms with E-state index in [9.17, 15) is 20.4 Å². The summed E-state index contributed by atoms with van der Waals surface area (Å²) in [6.45, 7) is 9.72. The largest absolute Gasteiger partial charge is 0.392 e. The quantitative estimate of drug-likeness (QED) is 0.583. The van der Waals surface area contributed by atoms with Crippen molar-refractivity contribution in [3.05, 3.63) is 23.8 Å². The van der Waals surface area contributed by atoms with Gasteiger partial charge in [-0.15, -0.1) is 0 Å². The Morgan fingerprint density at radius 1 is 1.21 bits per heavy atom. The first-order valence-electron chi connectivity index (χ1n) is 9.16. The third-order valence-electron chi connectivity index (χ3n) is 6.49. The summed E-state index contributed by atoms with van der Waals surface area (Å²) in [6, 6.07) is 0. The van der Waals surface area contributed by atoms with E-state index in [2.05, 4.69) is 13.5 Å². The van der Waals surface area contributed by atoms with Crippen LogP contribution in [0.4, 0.5) is 0 Å². The molecule has 4 heteroatoms. The van der Waals surface area contributed by atoms with Crippen LogP contribution in [0.3, 0.4) is 0 Å². The molecule has 0 aromatic rings. The highest BCUT2D eigenvalue weighted by molar-refractivity contribution is 5.15. The molecule has 0 radical (unpaired) electrons. The SMILES string of the molecule is C=C1CCC2C(C(C)(C)O)CCC2(C)C(O)C=C(CO)CCC1O. The molecule has 2 aliphatic rings. The minimum atomic E-state index is -0.800. The van der Waals surface area contributed by atoms with Crippen LogP contribution in [-0.2, 0) is 0 Å². The molecule has 4 nitrogen and oxygen atoms in total. The zero-order valence-corrected chi connectivity index (χ0v) is 15.3. The Labute approximate surface area is 145 Å². The molecular formula is C20H34O4. The van der Waals surface area contributed by atoms with Crippen molar-refractivity contribution in [2.24, 2.45) is 17.3 Å². The van der Waals surface area contributed by atoms with Crippen molar-refractivity contribution in [1.29, 1.82) is 0 Å². The third-order valence-corrected chi connectivity index (χ3v) is 6.49. The Bertz CT molecular complexity index is 490. The number of hydrogen-bond acceptors (Lipinski definition) is 4. The van der Waals surface area contributed by atoms with E-state index >= 15 is 0 Å². The number of fused-ring (bicyclic) bond motifs is 1. The van der Waals surface area contributed by atoms with Crippen molar-refractivity contribution >= 4 is 0 Å². The lowest BCUT2D eigenvalue weighted by molar-refractivity contribution is -0.0376. The fraction of sp³-hybridized carbons (Fsp3) is 0.800. The zero-order valence-electron chi connectivity index (χ0n) is 15.3. The van der Waals surface area contributed by atoms with Crippen molar-refractivity contribution in [2.75, 3.05) is 6.61 Å². The highest BCUT2D eigenvalue weighted by Crippen LogP contribution is 2.55. The maximum Gasteiger partial charge on any atom is 0.0780 e. The summed E-state index contributed by atoms with van der Waals surface area (Å²) < 4.78 is 0. The molecule has 5 atom stereocenters. The van der Waals surface area contributed by atoms with Crippen LogP contribution in [0.15, 0.2) is 23.8 Å². The predicted octanol–water partition coefficient (Wildman–Crippen LogP) is 2.56. The standard InChI is InChI=1S/C20H34O4/c1-13-5-7-16-15(19(2,3)24)9-10-20(16,4)18(23)11-14(12-21)6-8-17(13)22/h11,15-18,21-24H,1,5-10,12H2,2-4H3. The van der Waals surface area contributed by atoms with E-state index in [1.807, 2.05) is 13.8 Å². The lowest BCUT2D eigenvalue weighted by atomic mass is 9.67. The van der Waals surface area contributed by atoms with Gasteiger partial charge in [-0.25, -0.2) is 0 Å². The Kier molecular flexibility index (Phi) is 5.96. The van der Waals surface area contributed by atoms with E-state index in [4.69, 9.17) is 0 Å². The second-order valence-corrected chi connectivity index (χ2v) is 8.59. The van der Waals surface area contributed by atoms with Gasteiger partial charge < -0.3 is 20.4 Å². The number of aliphatic hydroxyl groups excluding tert-OH is 3. The summed E-state index contributed by atoms with van der Waals surface area (Å²) in [6.07, 6.45) is 4.86. The van der Waals surface area contributed by atoms with Gasteiger partial charge in [-0.1, -0.05) is 19.6 Å². The first kappa shape index (κ1) is 19.6. The molecule has 138 valence electrons. The van der Waals surface area contributed by atoms with Crippen LogP contribution in [0.25, 0.3) is 0 Å². The van der Waals surface area contributed by atoms with Crippen LogP contribution >= 0.6 is 0 Å². The summed E-state index contributed by atoms with van der Waals surface area (Å²) in [5.41, 5.74) is 0.447. The summed E-state index contributed by atoms with van der Waals surface area (Å²) in [5.74, 6) is 0.250. The molecule has 24 heavy (non-hydrogen) atoms. The Morgan fingerprint density at radius 2 is 1.88 bits per heavy atom. The number of rotatable bonds is 2. The number of hydrogen-bond donors (Lipinski definition) is 4. The zero-order chi connectivity index (χ0) is 18.1. The summed E-state index contributed by atoms with van der Waals surface area (Å²) >= 11 is 0. The van der Waals surface area contributed by atoms with Gasteiger partial charge in [0.2, 0.25) is 0 Å². The first-order valence-corrected chi connectivity index (χ1v) is 9.16. The van der Waals surface area contributed by atoms with Gasteiger partial charge in [0, 0.05) is 5.41 Å². The van der Waals surface area contributed by atoms with Crippen LogP contribution in [0.2, 0.25) is 0 Å². The lowest BCUT2D eigenvalue weighted by Gasteiger charge is -2.41. The minimum absolute atomic E-state index is 0.105. The summed E-state index contributed by atoms with van der Waals surface area (Å²) in [7, 11) is 0. The lowest BCUT2D eigenvalue weighted by Crippen LogP contribution is -2.42. The maximum atomic E-state index is 10.9. The van der Waals surface area contributed by atoms with Gasteiger partial charge in [0.15, 0.2) is 0 Å². The minimum Gasteiger partial charge on any atom is -0.392 e. The highest BCUT2D eigenvalue weighted by atomic mass is 16.3. The fourth-order valence-corrected chi connectivity index (χ4v) is 4.72. The molecule has 0 heterocycles. The van der Waals surface area contributed by atoms with Gasteiger partial charge in [0.05, 0.1) is 24.4 Å². The number of aliphatic hydroxyl groups is 4. The van der Waals surface area contributed by atoms with Crippen LogP contribution in [-0.4, -0.2) is 44.8 Å². The molecule has 0 amide bonds. The fourth-order valence-electron chi connectivity index (χ4n) is 4.72. The molecule has 0 aliphatic heterocycles. The van der Waals surface area contributed by atoms with Gasteiger partial charge in [-0.2, -0.15) is 0 Å². The Morgan fingerprint density at radius 3 is 2.46 bits per heavy atom. The van der Waals surface area contributed by atoms with Crippen molar-refractivity contribution in [3.8, 4) is 0 Å². The molecule has 1 saturated carbocycles. The Balaban J connectivity index is 2.39. The van der Waals surface area contributed by atoms with Gasteiger partial charge in [-0.05, 0) is 75.4 Å². The van der Waals surface area contributed by atoms with Gasteiger partial charge in [-0.3, -0.25) is 0 Å². The molecule has 5 unspecified atom stereocenters. The molecule has 2 aliphatic carbocycles. The Hall–Kier alpha value is -0.680. The van der Waals surface area contributed by atoms with E-state index in [0.29, 0.717) is 19.3 Å². The van der Waals surface area contributed by atoms with Gasteiger partial charge in [0.25, 0.3) is 0 Å². The normalized spacial score (nSPS) is 39.1. The van der Waals surface area contributed by atoms with E-state index in [-0.39, 0.29) is 23.9 Å². The maximum absolute atomic E-state index is 10.9. The molecule has 2 rings (SSSR count). The predicted molar refractivity (Wildman–Crippen MR) is 95.4 cm³/mol. The van der Waals surface area contributed by atoms with E-state index in [1.165, 1.54) is 0 Å². The molecule has 0 spiro atoms. The molecular weight excluding hydrogens is 304 g/mol. The van der Waals surface area contributed by atoms with E-state index in [1.54, 1.807) is 6.08 Å². The van der Waals surface area contributed by atoms with E-state index in [0.717, 1.165) is 30.4 Å². The van der Waals surface area contributed by atoms with Gasteiger partial charge in [0.1, 0.15) is 0 Å². The molecule has 0 saturated heterocycles. The molecule has 0 aromatic heterocycles. The molecule has 4 N–H and O–H groups in total. The molecule has 1 fully saturated rings. The first-order chi connectivity index (χ1) is 11.1. The topological polar surface area (TPSA) is 80.9 Å². The second kappa shape index (κ2) is 7.28.